The van der Waals surface area contributed by atoms with Crippen LogP contribution in [0.15, 0.2) is 58.8 Å². The molecule has 1 aliphatic heterocycles. The van der Waals surface area contributed by atoms with E-state index in [0.29, 0.717) is 36.7 Å². The Morgan fingerprint density at radius 1 is 1.18 bits per heavy atom. The summed E-state index contributed by atoms with van der Waals surface area (Å²) in [6.07, 6.45) is 3.14. The molecule has 3 aromatic rings. The van der Waals surface area contributed by atoms with E-state index in [4.69, 9.17) is 4.74 Å². The first-order valence-corrected chi connectivity index (χ1v) is 13.1. The quantitative estimate of drug-likeness (QED) is 0.443. The molecule has 1 aliphatic rings. The van der Waals surface area contributed by atoms with Crippen LogP contribution in [0.3, 0.4) is 0 Å². The first-order valence-electron chi connectivity index (χ1n) is 10.6. The van der Waals surface area contributed by atoms with Gasteiger partial charge in [-0.3, -0.25) is 9.89 Å². The lowest BCUT2D eigenvalue weighted by Gasteiger charge is -2.19. The zero-order valence-electron chi connectivity index (χ0n) is 18.2. The van der Waals surface area contributed by atoms with Crippen LogP contribution in [0.4, 0.5) is 5.69 Å². The van der Waals surface area contributed by atoms with Gasteiger partial charge in [-0.1, -0.05) is 23.9 Å². The number of thioether (sulfide) groups is 1. The Morgan fingerprint density at radius 2 is 1.94 bits per heavy atom. The highest BCUT2D eigenvalue weighted by atomic mass is 32.2. The molecule has 0 radical (unpaired) electrons. The number of nitrogens with zero attached hydrogens (tertiary/aromatic N) is 3. The molecule has 0 bridgehead atoms. The molecule has 0 atom stereocenters. The Bertz CT molecular complexity index is 1190. The number of nitrogens with one attached hydrogen (secondary N) is 2. The summed E-state index contributed by atoms with van der Waals surface area (Å²) >= 11 is 1.51. The number of benzene rings is 2. The maximum Gasteiger partial charge on any atom is 0.255 e. The van der Waals surface area contributed by atoms with Gasteiger partial charge in [0.05, 0.1) is 6.61 Å². The third-order valence-electron chi connectivity index (χ3n) is 5.17. The van der Waals surface area contributed by atoms with Gasteiger partial charge in [0, 0.05) is 30.1 Å². The summed E-state index contributed by atoms with van der Waals surface area (Å²) in [5.41, 5.74) is 1.90. The van der Waals surface area contributed by atoms with Gasteiger partial charge in [-0.15, -0.1) is 0 Å². The molecular formula is C22H25N5O4S2. The summed E-state index contributed by atoms with van der Waals surface area (Å²) in [6, 6.07) is 11.9. The first kappa shape index (κ1) is 23.3. The molecule has 2 N–H and O–H groups in total. The summed E-state index contributed by atoms with van der Waals surface area (Å²) in [4.78, 5) is 16.9. The van der Waals surface area contributed by atoms with E-state index < -0.39 is 10.0 Å². The lowest BCUT2D eigenvalue weighted by atomic mass is 10.1. The van der Waals surface area contributed by atoms with Crippen molar-refractivity contribution in [2.24, 2.45) is 0 Å². The van der Waals surface area contributed by atoms with E-state index in [1.807, 2.05) is 12.1 Å². The standard InChI is InChI=1S/C22H25N5O4S2/c1-2-31-19-10-9-18(13-20(19)33(29,30)27-11-3-4-12-27)25-21(28)17-7-5-16(6-8-17)14-32-22-23-15-24-26-22/h5-10,13,15H,2-4,11-12,14H2,1H3,(H,25,28)(H,23,24,26). The molecule has 1 aromatic heterocycles. The van der Waals surface area contributed by atoms with Crippen LogP contribution in [0.25, 0.3) is 0 Å². The smallest absolute Gasteiger partial charge is 0.255 e. The Labute approximate surface area is 197 Å². The van der Waals surface area contributed by atoms with Gasteiger partial charge in [0.15, 0.2) is 5.16 Å². The predicted molar refractivity (Wildman–Crippen MR) is 126 cm³/mol. The fourth-order valence-corrected chi connectivity index (χ4v) is 5.91. The Morgan fingerprint density at radius 3 is 2.61 bits per heavy atom. The van der Waals surface area contributed by atoms with Crippen molar-refractivity contribution in [1.82, 2.24) is 19.5 Å². The fraction of sp³-hybridized carbons (Fsp3) is 0.318. The van der Waals surface area contributed by atoms with Crippen molar-refractivity contribution >= 4 is 33.4 Å². The summed E-state index contributed by atoms with van der Waals surface area (Å²) < 4.78 is 33.3. The molecule has 1 fully saturated rings. The van der Waals surface area contributed by atoms with Crippen molar-refractivity contribution in [1.29, 1.82) is 0 Å². The molecule has 4 rings (SSSR count). The lowest BCUT2D eigenvalue weighted by Crippen LogP contribution is -2.28. The van der Waals surface area contributed by atoms with Gasteiger partial charge < -0.3 is 10.1 Å². The Balaban J connectivity index is 1.48. The van der Waals surface area contributed by atoms with Crippen LogP contribution in [-0.4, -0.2) is 53.5 Å². The number of carbonyl (C=O) groups is 1. The van der Waals surface area contributed by atoms with E-state index >= 15 is 0 Å². The molecule has 0 aliphatic carbocycles. The van der Waals surface area contributed by atoms with Crippen LogP contribution >= 0.6 is 11.8 Å². The highest BCUT2D eigenvalue weighted by Crippen LogP contribution is 2.32. The van der Waals surface area contributed by atoms with Crippen LogP contribution in [0, 0.1) is 0 Å². The second-order valence-electron chi connectivity index (χ2n) is 7.44. The molecular weight excluding hydrogens is 462 g/mol. The molecule has 11 heteroatoms. The summed E-state index contributed by atoms with van der Waals surface area (Å²) in [5, 5.41) is 10.1. The normalized spacial score (nSPS) is 14.3. The number of hydrogen-bond acceptors (Lipinski definition) is 7. The van der Waals surface area contributed by atoms with Crippen LogP contribution < -0.4 is 10.1 Å². The summed E-state index contributed by atoms with van der Waals surface area (Å²) in [7, 11) is -3.70. The van der Waals surface area contributed by atoms with Crippen LogP contribution in [0.2, 0.25) is 0 Å². The molecule has 0 saturated carbocycles. The molecule has 33 heavy (non-hydrogen) atoms. The number of carbonyl (C=O) groups excluding carboxylic acids is 1. The number of rotatable bonds is 9. The SMILES string of the molecule is CCOc1ccc(NC(=O)c2ccc(CSc3ncn[nH]3)cc2)cc1S(=O)(=O)N1CCCC1. The van der Waals surface area contributed by atoms with Crippen LogP contribution in [0.1, 0.15) is 35.7 Å². The van der Waals surface area contributed by atoms with Gasteiger partial charge in [-0.2, -0.15) is 9.40 Å². The van der Waals surface area contributed by atoms with Crippen molar-refractivity contribution < 1.29 is 17.9 Å². The Hall–Kier alpha value is -2.89. The first-order chi connectivity index (χ1) is 16.0. The second kappa shape index (κ2) is 10.4. The number of amides is 1. The summed E-state index contributed by atoms with van der Waals surface area (Å²) in [6.45, 7) is 3.13. The fourth-order valence-electron chi connectivity index (χ4n) is 3.50. The third-order valence-corrected chi connectivity index (χ3v) is 8.04. The minimum absolute atomic E-state index is 0.0730. The number of H-pyrrole nitrogens is 1. The summed E-state index contributed by atoms with van der Waals surface area (Å²) in [5.74, 6) is 0.655. The van der Waals surface area contributed by atoms with Gasteiger partial charge in [-0.25, -0.2) is 13.4 Å². The molecule has 2 heterocycles. The van der Waals surface area contributed by atoms with Crippen molar-refractivity contribution in [3.8, 4) is 5.75 Å². The third kappa shape index (κ3) is 5.55. The Kier molecular flexibility index (Phi) is 7.31. The van der Waals surface area contributed by atoms with E-state index in [9.17, 15) is 13.2 Å². The number of sulfonamides is 1. The van der Waals surface area contributed by atoms with Crippen LogP contribution in [-0.2, 0) is 15.8 Å². The van der Waals surface area contributed by atoms with Crippen LogP contribution in [0.5, 0.6) is 5.75 Å². The number of anilines is 1. The lowest BCUT2D eigenvalue weighted by molar-refractivity contribution is 0.102. The zero-order valence-corrected chi connectivity index (χ0v) is 19.8. The number of aromatic amines is 1. The minimum atomic E-state index is -3.70. The average molecular weight is 488 g/mol. The predicted octanol–water partition coefficient (Wildman–Crippen LogP) is 3.53. The van der Waals surface area contributed by atoms with Gasteiger partial charge in [0.25, 0.3) is 5.91 Å². The average Bonchev–Trinajstić information content (AvgIpc) is 3.54. The topological polar surface area (TPSA) is 117 Å². The molecule has 2 aromatic carbocycles. The van der Waals surface area contributed by atoms with E-state index in [-0.39, 0.29) is 16.6 Å². The van der Waals surface area contributed by atoms with Crippen molar-refractivity contribution in [2.45, 2.75) is 35.6 Å². The van der Waals surface area contributed by atoms with E-state index in [1.165, 1.54) is 28.5 Å². The van der Waals surface area contributed by atoms with E-state index in [2.05, 4.69) is 20.5 Å². The van der Waals surface area contributed by atoms with Gasteiger partial charge >= 0.3 is 0 Å². The zero-order chi connectivity index (χ0) is 23.3. The molecule has 9 nitrogen and oxygen atoms in total. The minimum Gasteiger partial charge on any atom is -0.492 e. The monoisotopic (exact) mass is 487 g/mol. The van der Waals surface area contributed by atoms with Crippen molar-refractivity contribution in [3.63, 3.8) is 0 Å². The van der Waals surface area contributed by atoms with Crippen molar-refractivity contribution in [3.05, 3.63) is 59.9 Å². The molecule has 1 amide bonds. The molecule has 1 saturated heterocycles. The molecule has 0 unspecified atom stereocenters. The second-order valence-corrected chi connectivity index (χ2v) is 10.3. The molecule has 174 valence electrons. The highest BCUT2D eigenvalue weighted by Gasteiger charge is 2.30. The van der Waals surface area contributed by atoms with E-state index in [0.717, 1.165) is 23.6 Å². The maximum absolute atomic E-state index is 13.1. The number of aromatic nitrogens is 3. The van der Waals surface area contributed by atoms with Gasteiger partial charge in [0.1, 0.15) is 17.0 Å². The van der Waals surface area contributed by atoms with Crippen molar-refractivity contribution in [2.75, 3.05) is 25.0 Å². The highest BCUT2D eigenvalue weighted by molar-refractivity contribution is 7.98. The van der Waals surface area contributed by atoms with Gasteiger partial charge in [0.2, 0.25) is 10.0 Å². The maximum atomic E-state index is 13.1. The van der Waals surface area contributed by atoms with E-state index in [1.54, 1.807) is 31.2 Å². The van der Waals surface area contributed by atoms with Gasteiger partial charge in [-0.05, 0) is 55.7 Å². The largest absolute Gasteiger partial charge is 0.492 e. The number of hydrogen-bond donors (Lipinski definition) is 2. The molecule has 0 spiro atoms. The number of ether oxygens (including phenoxy) is 1.